The Morgan fingerprint density at radius 2 is 2.17 bits per heavy atom. The third kappa shape index (κ3) is 7.54. The molecule has 0 radical (unpaired) electrons. The fourth-order valence-corrected chi connectivity index (χ4v) is 3.41. The van der Waals surface area contributed by atoms with Crippen LogP contribution in [0.25, 0.3) is 0 Å². The van der Waals surface area contributed by atoms with Crippen LogP contribution in [0.15, 0.2) is 17.3 Å². The van der Waals surface area contributed by atoms with Crippen molar-refractivity contribution in [3.63, 3.8) is 0 Å². The monoisotopic (exact) mass is 435 g/mol. The van der Waals surface area contributed by atoms with Gasteiger partial charge in [-0.15, -0.1) is 0 Å². The molecule has 0 amide bonds. The zero-order valence-corrected chi connectivity index (χ0v) is 17.6. The summed E-state index contributed by atoms with van der Waals surface area (Å²) in [5.41, 5.74) is -0.841. The van der Waals surface area contributed by atoms with Gasteiger partial charge in [0, 0.05) is 52.1 Å². The van der Waals surface area contributed by atoms with Crippen LogP contribution in [0.1, 0.15) is 38.2 Å². The van der Waals surface area contributed by atoms with E-state index in [1.165, 1.54) is 0 Å². The quantitative estimate of drug-likeness (QED) is 0.352. The molecule has 1 aromatic heterocycles. The molecule has 0 spiro atoms. The predicted molar refractivity (Wildman–Crippen MR) is 110 cm³/mol. The Hall–Kier alpha value is -1.74. The average Bonchev–Trinajstić information content (AvgIpc) is 3.12. The van der Waals surface area contributed by atoms with Crippen LogP contribution in [0.2, 0.25) is 5.02 Å². The number of hydrogen-bond acceptors (Lipinski definition) is 4. The Bertz CT molecular complexity index is 672. The molecule has 164 valence electrons. The van der Waals surface area contributed by atoms with Crippen LogP contribution in [0.4, 0.5) is 19.0 Å². The second-order valence-corrected chi connectivity index (χ2v) is 7.32. The zero-order valence-electron chi connectivity index (χ0n) is 16.9. The van der Waals surface area contributed by atoms with E-state index in [2.05, 4.69) is 20.6 Å². The Morgan fingerprint density at radius 3 is 2.83 bits per heavy atom. The molecule has 0 bridgehead atoms. The summed E-state index contributed by atoms with van der Waals surface area (Å²) in [4.78, 5) is 10.4. The Kier molecular flexibility index (Phi) is 9.29. The molecular weight excluding hydrogens is 407 g/mol. The number of hydrogen-bond donors (Lipinski definition) is 2. The van der Waals surface area contributed by atoms with Gasteiger partial charge in [-0.25, -0.2) is 4.98 Å². The van der Waals surface area contributed by atoms with Crippen LogP contribution in [0, 0.1) is 0 Å². The average molecular weight is 436 g/mol. The lowest BCUT2D eigenvalue weighted by molar-refractivity contribution is -0.137. The molecule has 1 saturated heterocycles. The standard InChI is InChI=1S/C19H29ClF3N5O/c1-3-24-18(25-8-5-4-6-10-29-2)27-15-7-9-28(13-15)17-16(20)11-14(12-26-17)19(21,22)23/h11-12,15H,3-10,13H2,1-2H3,(H2,24,25,27). The van der Waals surface area contributed by atoms with E-state index in [1.54, 1.807) is 7.11 Å². The van der Waals surface area contributed by atoms with E-state index < -0.39 is 11.7 Å². The number of anilines is 1. The van der Waals surface area contributed by atoms with Gasteiger partial charge >= 0.3 is 6.18 Å². The summed E-state index contributed by atoms with van der Waals surface area (Å²) in [7, 11) is 1.70. The number of nitrogens with zero attached hydrogens (tertiary/aromatic N) is 3. The number of ether oxygens (including phenoxy) is 1. The molecule has 0 saturated carbocycles. The van der Waals surface area contributed by atoms with Gasteiger partial charge in [-0.3, -0.25) is 4.99 Å². The third-order valence-electron chi connectivity index (χ3n) is 4.60. The van der Waals surface area contributed by atoms with E-state index in [-0.39, 0.29) is 11.1 Å². The number of methoxy groups -OCH3 is 1. The lowest BCUT2D eigenvalue weighted by atomic mass is 10.2. The lowest BCUT2D eigenvalue weighted by Crippen LogP contribution is -2.44. The summed E-state index contributed by atoms with van der Waals surface area (Å²) in [6, 6.07) is 1.04. The number of guanidine groups is 1. The molecule has 29 heavy (non-hydrogen) atoms. The van der Waals surface area contributed by atoms with Crippen molar-refractivity contribution in [1.29, 1.82) is 0 Å². The van der Waals surface area contributed by atoms with Crippen LogP contribution >= 0.6 is 11.6 Å². The van der Waals surface area contributed by atoms with Gasteiger partial charge in [0.15, 0.2) is 5.96 Å². The molecule has 6 nitrogen and oxygen atoms in total. The first-order valence-corrected chi connectivity index (χ1v) is 10.2. The Labute approximate surface area is 174 Å². The molecule has 1 aromatic rings. The number of halogens is 4. The van der Waals surface area contributed by atoms with E-state index in [1.807, 2.05) is 11.8 Å². The largest absolute Gasteiger partial charge is 0.417 e. The highest BCUT2D eigenvalue weighted by molar-refractivity contribution is 6.33. The van der Waals surface area contributed by atoms with E-state index >= 15 is 0 Å². The lowest BCUT2D eigenvalue weighted by Gasteiger charge is -2.21. The van der Waals surface area contributed by atoms with Crippen molar-refractivity contribution in [3.8, 4) is 0 Å². The molecule has 2 heterocycles. The first kappa shape index (κ1) is 23.5. The van der Waals surface area contributed by atoms with Gasteiger partial charge in [-0.2, -0.15) is 13.2 Å². The van der Waals surface area contributed by atoms with Gasteiger partial charge in [0.1, 0.15) is 5.82 Å². The molecule has 1 unspecified atom stereocenters. The maximum Gasteiger partial charge on any atom is 0.417 e. The molecule has 1 atom stereocenters. The number of aliphatic imine (C=N–C) groups is 1. The smallest absolute Gasteiger partial charge is 0.385 e. The number of alkyl halides is 3. The minimum atomic E-state index is -4.45. The van der Waals surface area contributed by atoms with Gasteiger partial charge in [-0.05, 0) is 38.7 Å². The number of unbranched alkanes of at least 4 members (excludes halogenated alkanes) is 2. The van der Waals surface area contributed by atoms with Crippen molar-refractivity contribution in [2.75, 3.05) is 44.8 Å². The van der Waals surface area contributed by atoms with E-state index in [0.29, 0.717) is 18.9 Å². The highest BCUT2D eigenvalue weighted by atomic mass is 35.5. The van der Waals surface area contributed by atoms with Crippen molar-refractivity contribution < 1.29 is 17.9 Å². The molecular formula is C19H29ClF3N5O. The Balaban J connectivity index is 1.90. The topological polar surface area (TPSA) is 61.8 Å². The van der Waals surface area contributed by atoms with Crippen LogP contribution < -0.4 is 15.5 Å². The Morgan fingerprint density at radius 1 is 1.38 bits per heavy atom. The second kappa shape index (κ2) is 11.4. The van der Waals surface area contributed by atoms with Crippen LogP contribution in [-0.2, 0) is 10.9 Å². The van der Waals surface area contributed by atoms with E-state index in [0.717, 1.165) is 63.6 Å². The van der Waals surface area contributed by atoms with E-state index in [9.17, 15) is 13.2 Å². The van der Waals surface area contributed by atoms with Crippen molar-refractivity contribution in [2.24, 2.45) is 4.99 Å². The van der Waals surface area contributed by atoms with Crippen LogP contribution in [0.5, 0.6) is 0 Å². The molecule has 2 N–H and O–H groups in total. The van der Waals surface area contributed by atoms with Gasteiger partial charge in [0.25, 0.3) is 0 Å². The number of nitrogens with one attached hydrogen (secondary N) is 2. The van der Waals surface area contributed by atoms with Crippen molar-refractivity contribution in [1.82, 2.24) is 15.6 Å². The second-order valence-electron chi connectivity index (χ2n) is 6.92. The minimum absolute atomic E-state index is 0.0112. The molecule has 10 heteroatoms. The van der Waals surface area contributed by atoms with Crippen LogP contribution in [-0.4, -0.2) is 56.9 Å². The van der Waals surface area contributed by atoms with Crippen molar-refractivity contribution in [3.05, 3.63) is 22.8 Å². The fourth-order valence-electron chi connectivity index (χ4n) is 3.13. The molecule has 0 aromatic carbocycles. The molecule has 1 aliphatic rings. The molecule has 1 aliphatic heterocycles. The van der Waals surface area contributed by atoms with Gasteiger partial charge in [0.2, 0.25) is 0 Å². The molecule has 0 aliphatic carbocycles. The summed E-state index contributed by atoms with van der Waals surface area (Å²) in [6.07, 6.45) is 0.266. The minimum Gasteiger partial charge on any atom is -0.385 e. The first-order chi connectivity index (χ1) is 13.8. The highest BCUT2D eigenvalue weighted by Gasteiger charge is 2.33. The predicted octanol–water partition coefficient (Wildman–Crippen LogP) is 3.70. The third-order valence-corrected chi connectivity index (χ3v) is 4.88. The van der Waals surface area contributed by atoms with Crippen molar-refractivity contribution in [2.45, 2.75) is 44.8 Å². The van der Waals surface area contributed by atoms with E-state index in [4.69, 9.17) is 16.3 Å². The summed E-state index contributed by atoms with van der Waals surface area (Å²) < 4.78 is 43.4. The summed E-state index contributed by atoms with van der Waals surface area (Å²) in [5, 5.41) is 6.64. The SMILES string of the molecule is CCNC(=NCCCCCOC)NC1CCN(c2ncc(C(F)(F)F)cc2Cl)C1. The maximum absolute atomic E-state index is 12.8. The van der Waals surface area contributed by atoms with Crippen molar-refractivity contribution >= 4 is 23.4 Å². The summed E-state index contributed by atoms with van der Waals surface area (Å²) in [6.45, 7) is 5.49. The highest BCUT2D eigenvalue weighted by Crippen LogP contribution is 2.34. The van der Waals surface area contributed by atoms with Gasteiger partial charge in [0.05, 0.1) is 10.6 Å². The van der Waals surface area contributed by atoms with Gasteiger partial charge in [-0.1, -0.05) is 11.6 Å². The molecule has 1 fully saturated rings. The normalized spacial score (nSPS) is 17.7. The maximum atomic E-state index is 12.8. The summed E-state index contributed by atoms with van der Waals surface area (Å²) in [5.74, 6) is 1.13. The van der Waals surface area contributed by atoms with Crippen LogP contribution in [0.3, 0.4) is 0 Å². The number of rotatable bonds is 9. The zero-order chi connectivity index (χ0) is 21.3. The number of pyridine rings is 1. The number of aromatic nitrogens is 1. The fraction of sp³-hybridized carbons (Fsp3) is 0.684. The molecule has 2 rings (SSSR count). The van der Waals surface area contributed by atoms with Gasteiger partial charge < -0.3 is 20.3 Å². The first-order valence-electron chi connectivity index (χ1n) is 9.86. The summed E-state index contributed by atoms with van der Waals surface area (Å²) >= 11 is 6.07.